The van der Waals surface area contributed by atoms with Crippen molar-refractivity contribution in [3.8, 4) is 0 Å². The summed E-state index contributed by atoms with van der Waals surface area (Å²) in [5, 5.41) is 37.9. The van der Waals surface area contributed by atoms with Gasteiger partial charge < -0.3 is 14.9 Å². The fraction of sp³-hybridized carbons (Fsp3) is 0.741. The topological polar surface area (TPSA) is 154 Å². The third kappa shape index (κ3) is 4.58. The molecule has 0 heterocycles. The number of fused-ring (bicyclic) bond motifs is 5. The second kappa shape index (κ2) is 10.7. The summed E-state index contributed by atoms with van der Waals surface area (Å²) < 4.78 is 38.6. The number of ether oxygens (including phenoxy) is 1. The van der Waals surface area contributed by atoms with Crippen molar-refractivity contribution in [3.63, 3.8) is 0 Å². The highest BCUT2D eigenvalue weighted by Gasteiger charge is 2.76. The number of alkyl halides is 2. The fourth-order valence-electron chi connectivity index (χ4n) is 7.94. The third-order valence-corrected chi connectivity index (χ3v) is 9.86. The Morgan fingerprint density at radius 3 is 2.56 bits per heavy atom. The number of Topliss-reactive ketones (excluding diaryl/α,β-unsaturated/α-hetero) is 1. The normalized spacial score (nSPS) is 41.1. The largest absolute Gasteiger partial charge is 0.450 e. The molecule has 3 saturated carbocycles. The smallest absolute Gasteiger partial charge is 0.306 e. The predicted octanol–water partition coefficient (Wildman–Crippen LogP) is 2.72. The van der Waals surface area contributed by atoms with E-state index >= 15 is 8.78 Å². The van der Waals surface area contributed by atoms with E-state index in [1.807, 2.05) is 0 Å². The molecule has 0 bridgehead atoms. The average Bonchev–Trinajstić information content (AvgIpc) is 3.15. The summed E-state index contributed by atoms with van der Waals surface area (Å²) in [6.07, 6.45) is 1.17. The van der Waals surface area contributed by atoms with Crippen LogP contribution in [0.25, 0.3) is 0 Å². The first-order valence-corrected chi connectivity index (χ1v) is 13.4. The van der Waals surface area contributed by atoms with E-state index in [-0.39, 0.29) is 44.3 Å². The number of unbranched alkanes of at least 4 members (excludes halogenated alkanes) is 2. The van der Waals surface area contributed by atoms with Crippen LogP contribution in [0.5, 0.6) is 0 Å². The summed E-state index contributed by atoms with van der Waals surface area (Å²) in [5.74, 6) is -3.57. The molecule has 0 aromatic rings. The molecule has 0 aromatic carbocycles. The van der Waals surface area contributed by atoms with Crippen molar-refractivity contribution in [3.05, 3.63) is 23.8 Å². The first-order chi connectivity index (χ1) is 18.3. The van der Waals surface area contributed by atoms with Gasteiger partial charge in [0.15, 0.2) is 17.1 Å². The monoisotopic (exact) mass is 557 g/mol. The molecule has 4 rings (SSSR count). The summed E-state index contributed by atoms with van der Waals surface area (Å²) in [5.41, 5.74) is -6.99. The van der Waals surface area contributed by atoms with Crippen LogP contribution in [-0.4, -0.2) is 80.3 Å². The van der Waals surface area contributed by atoms with Crippen LogP contribution in [0.4, 0.5) is 8.78 Å². The molecule has 0 saturated heterocycles. The Morgan fingerprint density at radius 1 is 1.18 bits per heavy atom. The lowest BCUT2D eigenvalue weighted by Crippen LogP contribution is -2.70. The van der Waals surface area contributed by atoms with Crippen molar-refractivity contribution in [1.29, 1.82) is 0 Å². The number of allylic oxidation sites excluding steroid dienone is 4. The number of halogens is 2. The molecule has 218 valence electrons. The third-order valence-electron chi connectivity index (χ3n) is 9.86. The highest BCUT2D eigenvalue weighted by molar-refractivity contribution is 6.01. The van der Waals surface area contributed by atoms with Gasteiger partial charge in [0.2, 0.25) is 5.78 Å². The molecule has 4 N–H and O–H groups in total. The van der Waals surface area contributed by atoms with E-state index in [4.69, 9.17) is 15.2 Å². The molecule has 12 heteroatoms. The fourth-order valence-corrected chi connectivity index (χ4v) is 7.94. The van der Waals surface area contributed by atoms with Gasteiger partial charge in [0.05, 0.1) is 18.1 Å². The first kappa shape index (κ1) is 29.9. The zero-order chi connectivity index (χ0) is 28.8. The van der Waals surface area contributed by atoms with Crippen LogP contribution in [0.3, 0.4) is 0 Å². The number of carbonyl (C=O) groups is 3. The van der Waals surface area contributed by atoms with Gasteiger partial charge in [0.1, 0.15) is 12.8 Å². The summed E-state index contributed by atoms with van der Waals surface area (Å²) in [4.78, 5) is 42.6. The van der Waals surface area contributed by atoms with Crippen LogP contribution in [0, 0.1) is 22.7 Å². The van der Waals surface area contributed by atoms with Gasteiger partial charge in [-0.3, -0.25) is 29.6 Å². The molecule has 39 heavy (non-hydrogen) atoms. The molecule has 0 spiro atoms. The molecule has 4 aliphatic rings. The second-order valence-corrected chi connectivity index (χ2v) is 11.7. The van der Waals surface area contributed by atoms with E-state index in [1.165, 1.54) is 19.1 Å². The molecule has 0 radical (unpaired) electrons. The molecule has 2 unspecified atom stereocenters. The summed E-state index contributed by atoms with van der Waals surface area (Å²) in [6.45, 7) is 2.21. The van der Waals surface area contributed by atoms with Gasteiger partial charge in [0.25, 0.3) is 0 Å². The zero-order valence-corrected chi connectivity index (χ0v) is 22.1. The van der Waals surface area contributed by atoms with Gasteiger partial charge in [-0.25, -0.2) is 8.78 Å². The highest BCUT2D eigenvalue weighted by atomic mass is 19.1. The summed E-state index contributed by atoms with van der Waals surface area (Å²) in [6, 6.07) is 0. The molecule has 3 fully saturated rings. The minimum atomic E-state index is -2.33. The number of carbonyl (C=O) groups excluding carboxylic acids is 3. The Bertz CT molecular complexity index is 1070. The molecule has 0 amide bonds. The van der Waals surface area contributed by atoms with Crippen molar-refractivity contribution in [2.45, 2.75) is 88.8 Å². The van der Waals surface area contributed by atoms with Crippen LogP contribution < -0.4 is 0 Å². The molecule has 4 aliphatic carbocycles. The number of aliphatic hydroxyl groups is 2. The van der Waals surface area contributed by atoms with E-state index in [0.717, 1.165) is 6.08 Å². The van der Waals surface area contributed by atoms with Crippen LogP contribution in [0.15, 0.2) is 23.8 Å². The van der Waals surface area contributed by atoms with Gasteiger partial charge in [-0.2, -0.15) is 0 Å². The zero-order valence-electron chi connectivity index (χ0n) is 22.1. The number of hydrogen-bond donors (Lipinski definition) is 4. The number of esters is 1. The van der Waals surface area contributed by atoms with Gasteiger partial charge in [-0.05, 0) is 69.1 Å². The minimum absolute atomic E-state index is 0.0000367. The van der Waals surface area contributed by atoms with Gasteiger partial charge >= 0.3 is 5.97 Å². The minimum Gasteiger partial charge on any atom is -0.450 e. The Kier molecular flexibility index (Phi) is 8.21. The van der Waals surface area contributed by atoms with Crippen molar-refractivity contribution in [1.82, 2.24) is 5.39 Å². The average molecular weight is 558 g/mol. The quantitative estimate of drug-likeness (QED) is 0.179. The molecule has 0 aliphatic heterocycles. The first-order valence-electron chi connectivity index (χ1n) is 13.4. The number of rotatable bonds is 10. The second-order valence-electron chi connectivity index (χ2n) is 11.7. The Labute approximate surface area is 225 Å². The maximum atomic E-state index is 17.2. The van der Waals surface area contributed by atoms with Crippen LogP contribution in [0.1, 0.15) is 65.2 Å². The highest BCUT2D eigenvalue weighted by Crippen LogP contribution is 2.70. The lowest BCUT2D eigenvalue weighted by Gasteiger charge is -2.63. The Balaban J connectivity index is 1.59. The number of nitrogens with zero attached hydrogens (tertiary/aromatic N) is 1. The summed E-state index contributed by atoms with van der Waals surface area (Å²) in [7, 11) is 0. The molecule has 8 atom stereocenters. The van der Waals surface area contributed by atoms with Gasteiger partial charge in [-0.1, -0.05) is 19.4 Å². The Morgan fingerprint density at radius 2 is 1.90 bits per heavy atom. The lowest BCUT2D eigenvalue weighted by molar-refractivity contribution is -0.492. The molecular weight excluding hydrogens is 520 g/mol. The predicted molar refractivity (Wildman–Crippen MR) is 129 cm³/mol. The molecular formula is C27H37F2NO9. The van der Waals surface area contributed by atoms with E-state index < -0.39 is 75.7 Å². The maximum absolute atomic E-state index is 17.2. The number of aliphatic hydroxyl groups excluding tert-OH is 2. The van der Waals surface area contributed by atoms with Crippen LogP contribution in [0.2, 0.25) is 0 Å². The van der Waals surface area contributed by atoms with Crippen LogP contribution >= 0.6 is 0 Å². The Hall–Kier alpha value is -2.09. The number of hydrogen-bond acceptors (Lipinski definition) is 10. The van der Waals surface area contributed by atoms with E-state index in [1.54, 1.807) is 6.92 Å². The maximum Gasteiger partial charge on any atom is 0.306 e. The van der Waals surface area contributed by atoms with E-state index in [9.17, 15) is 24.6 Å². The van der Waals surface area contributed by atoms with E-state index in [0.29, 0.717) is 19.3 Å². The van der Waals surface area contributed by atoms with Crippen molar-refractivity contribution >= 4 is 17.5 Å². The van der Waals surface area contributed by atoms with Crippen LogP contribution in [-0.2, 0) is 24.0 Å². The number of ketones is 2. The molecule has 0 aromatic heterocycles. The van der Waals surface area contributed by atoms with E-state index in [2.05, 4.69) is 4.84 Å². The van der Waals surface area contributed by atoms with Gasteiger partial charge in [-0.15, -0.1) is 0 Å². The van der Waals surface area contributed by atoms with Crippen molar-refractivity contribution in [2.24, 2.45) is 22.7 Å². The SMILES string of the molecule is C[C@]12C=CC(=O)C=C1[C@@H](F)CC1C3CC[C@](OC(=O)CCCCCON(O)O)(C(=O)CO)[C@@]3(C)C[C@H](O)[C@@]12F. The van der Waals surface area contributed by atoms with Crippen molar-refractivity contribution < 1.29 is 53.4 Å². The lowest BCUT2D eigenvalue weighted by atomic mass is 9.44. The molecule has 10 nitrogen and oxygen atoms in total. The summed E-state index contributed by atoms with van der Waals surface area (Å²) >= 11 is 0. The standard InChI is InChI=1S/C27H37F2NO9/c1-24-9-7-16(32)12-19(24)20(28)13-18-17-8-10-26(22(34)15-31,25(17,2)14-21(33)27(18,24)29)39-23(35)6-4-3-5-11-38-30(36)37/h7,9,12,17-18,20-21,31,33,36-37H,3-6,8,10-11,13-15H2,1-2H3/t17?,18?,20-,21-,24-,25-,26-,27-/m0/s1. The van der Waals surface area contributed by atoms with Gasteiger partial charge in [0, 0.05) is 23.2 Å². The van der Waals surface area contributed by atoms with Crippen molar-refractivity contribution in [2.75, 3.05) is 13.2 Å².